The van der Waals surface area contributed by atoms with E-state index in [1.807, 2.05) is 29.4 Å². The first-order chi connectivity index (χ1) is 17.9. The zero-order valence-electron chi connectivity index (χ0n) is 23.0. The Morgan fingerprint density at radius 1 is 1.15 bits per heavy atom. The number of nitrogens with one attached hydrogen (secondary N) is 1. The van der Waals surface area contributed by atoms with E-state index in [1.165, 1.54) is 7.11 Å². The molecule has 0 saturated carbocycles. The number of methoxy groups -OCH3 is 1. The van der Waals surface area contributed by atoms with Crippen molar-refractivity contribution in [2.45, 2.75) is 43.9 Å². The fraction of sp³-hybridized carbons (Fsp3) is 0.519. The van der Waals surface area contributed by atoms with E-state index in [2.05, 4.69) is 29.6 Å². The lowest BCUT2D eigenvalue weighted by molar-refractivity contribution is -0.145. The van der Waals surface area contributed by atoms with Crippen LogP contribution in [-0.4, -0.2) is 91.0 Å². The van der Waals surface area contributed by atoms with Crippen LogP contribution in [0, 0.1) is 0 Å². The molecule has 3 rings (SSSR count). The Kier molecular flexibility index (Phi) is 18.5. The van der Waals surface area contributed by atoms with Gasteiger partial charge in [-0.2, -0.15) is 11.8 Å². The van der Waals surface area contributed by atoms with E-state index in [0.717, 1.165) is 34.9 Å². The minimum Gasteiger partial charge on any atom is -0.467 e. The molecular formula is C27H42Cl3N5O4S. The quantitative estimate of drug-likeness (QED) is 0.286. The first-order valence-corrected chi connectivity index (χ1v) is 14.1. The predicted molar refractivity (Wildman–Crippen MR) is 170 cm³/mol. The molecule has 0 aromatic heterocycles. The van der Waals surface area contributed by atoms with Gasteiger partial charge in [0.05, 0.1) is 19.7 Å². The molecule has 3 atom stereocenters. The topological polar surface area (TPSA) is 131 Å². The number of nitrogens with zero attached hydrogens (tertiary/aromatic N) is 2. The monoisotopic (exact) mass is 637 g/mol. The normalized spacial score (nSPS) is 15.8. The van der Waals surface area contributed by atoms with E-state index in [0.29, 0.717) is 26.1 Å². The number of fused-ring (bicyclic) bond motifs is 1. The molecule has 9 nitrogen and oxygen atoms in total. The van der Waals surface area contributed by atoms with E-state index in [-0.39, 0.29) is 68.2 Å². The van der Waals surface area contributed by atoms with Gasteiger partial charge in [-0.1, -0.05) is 42.5 Å². The number of esters is 1. The van der Waals surface area contributed by atoms with Gasteiger partial charge in [-0.25, -0.2) is 4.79 Å². The Morgan fingerprint density at radius 2 is 1.85 bits per heavy atom. The van der Waals surface area contributed by atoms with Crippen molar-refractivity contribution in [3.8, 4) is 0 Å². The number of nitrogens with two attached hydrogens (primary N) is 2. The van der Waals surface area contributed by atoms with Gasteiger partial charge < -0.3 is 26.4 Å². The summed E-state index contributed by atoms with van der Waals surface area (Å²) in [5.74, 6) is -0.139. The third kappa shape index (κ3) is 10.6. The van der Waals surface area contributed by atoms with Crippen molar-refractivity contribution in [2.24, 2.45) is 11.5 Å². The summed E-state index contributed by atoms with van der Waals surface area (Å²) in [6, 6.07) is 12.8. The first kappa shape index (κ1) is 38.2. The lowest BCUT2D eigenvalue weighted by atomic mass is 10.0. The summed E-state index contributed by atoms with van der Waals surface area (Å²) in [5.41, 5.74) is 12.7. The maximum Gasteiger partial charge on any atom is 0.328 e. The molecule has 0 radical (unpaired) electrons. The van der Waals surface area contributed by atoms with E-state index in [1.54, 1.807) is 16.7 Å². The molecule has 2 aromatic rings. The summed E-state index contributed by atoms with van der Waals surface area (Å²) in [5, 5.41) is 5.10. The molecule has 5 N–H and O–H groups in total. The van der Waals surface area contributed by atoms with E-state index < -0.39 is 18.1 Å². The summed E-state index contributed by atoms with van der Waals surface area (Å²) >= 11 is 1.60. The van der Waals surface area contributed by atoms with Gasteiger partial charge in [-0.15, -0.1) is 37.2 Å². The number of hydrogen-bond acceptors (Lipinski definition) is 8. The van der Waals surface area contributed by atoms with Gasteiger partial charge in [0.1, 0.15) is 6.04 Å². The summed E-state index contributed by atoms with van der Waals surface area (Å²) in [4.78, 5) is 42.1. The molecule has 1 aliphatic heterocycles. The Labute approximate surface area is 259 Å². The summed E-state index contributed by atoms with van der Waals surface area (Å²) in [7, 11) is 1.32. The highest BCUT2D eigenvalue weighted by Crippen LogP contribution is 2.23. The molecule has 226 valence electrons. The second-order valence-electron chi connectivity index (χ2n) is 9.40. The van der Waals surface area contributed by atoms with Gasteiger partial charge >= 0.3 is 5.97 Å². The van der Waals surface area contributed by atoms with Crippen LogP contribution in [-0.2, 0) is 25.7 Å². The molecule has 1 saturated heterocycles. The zero-order valence-corrected chi connectivity index (χ0v) is 26.2. The summed E-state index contributed by atoms with van der Waals surface area (Å²) in [6.07, 6.45) is 4.15. The minimum atomic E-state index is -0.729. The lowest BCUT2D eigenvalue weighted by Crippen LogP contribution is -2.53. The lowest BCUT2D eigenvalue weighted by Gasteiger charge is -2.32. The van der Waals surface area contributed by atoms with Gasteiger partial charge in [0.15, 0.2) is 0 Å². The Balaban J connectivity index is 0.00000507. The number of ether oxygens (including phenoxy) is 1. The predicted octanol–water partition coefficient (Wildman–Crippen LogP) is 2.60. The van der Waals surface area contributed by atoms with Crippen molar-refractivity contribution in [1.29, 1.82) is 0 Å². The molecule has 1 aliphatic rings. The molecule has 13 heteroatoms. The van der Waals surface area contributed by atoms with E-state index in [9.17, 15) is 14.4 Å². The number of halogens is 3. The van der Waals surface area contributed by atoms with Gasteiger partial charge in [-0.05, 0) is 47.6 Å². The van der Waals surface area contributed by atoms with Crippen LogP contribution >= 0.6 is 49.0 Å². The fourth-order valence-electron chi connectivity index (χ4n) is 4.85. The molecule has 1 heterocycles. The average Bonchev–Trinajstić information content (AvgIpc) is 3.37. The largest absolute Gasteiger partial charge is 0.467 e. The van der Waals surface area contributed by atoms with Crippen molar-refractivity contribution >= 4 is 77.5 Å². The van der Waals surface area contributed by atoms with Crippen LogP contribution < -0.4 is 16.8 Å². The van der Waals surface area contributed by atoms with Gasteiger partial charge in [0.25, 0.3) is 0 Å². The molecule has 0 bridgehead atoms. The summed E-state index contributed by atoms with van der Waals surface area (Å²) < 4.78 is 4.90. The van der Waals surface area contributed by atoms with Crippen LogP contribution in [0.4, 0.5) is 0 Å². The number of carbonyl (C=O) groups is 3. The second-order valence-corrected chi connectivity index (χ2v) is 10.4. The molecule has 0 unspecified atom stereocenters. The van der Waals surface area contributed by atoms with Crippen LogP contribution in [0.3, 0.4) is 0 Å². The van der Waals surface area contributed by atoms with Crippen LogP contribution in [0.2, 0.25) is 0 Å². The minimum absolute atomic E-state index is 0. The van der Waals surface area contributed by atoms with Gasteiger partial charge in [0, 0.05) is 32.2 Å². The Hall–Kier alpha value is -1.79. The van der Waals surface area contributed by atoms with Crippen LogP contribution in [0.25, 0.3) is 10.8 Å². The zero-order chi connectivity index (χ0) is 26.8. The number of thioether (sulfide) groups is 1. The standard InChI is InChI=1S/C27H39N5O4S.3ClH/c1-36-27(35)24(12-14-37-2)30-25(33)18-31(16-20-9-5-8-19-7-3-4-11-22(19)20)17-21-10-6-13-32(21)26(34)23(29)15-28;;;/h3-5,7-9,11,21,23-24H,6,10,12-18,28-29H2,1-2H3,(H,30,33);3*1H/t21-,23-,24-;;;/m0.../s1. The van der Waals surface area contributed by atoms with Crippen molar-refractivity contribution in [1.82, 2.24) is 15.1 Å². The van der Waals surface area contributed by atoms with Crippen molar-refractivity contribution < 1.29 is 19.1 Å². The fourth-order valence-corrected chi connectivity index (χ4v) is 5.33. The number of likely N-dealkylation sites (tertiary alicyclic amines) is 1. The third-order valence-electron chi connectivity index (χ3n) is 6.77. The first-order valence-electron chi connectivity index (χ1n) is 12.7. The molecular weight excluding hydrogens is 597 g/mol. The molecule has 40 heavy (non-hydrogen) atoms. The molecule has 0 spiro atoms. The van der Waals surface area contributed by atoms with E-state index in [4.69, 9.17) is 16.2 Å². The molecule has 1 fully saturated rings. The smallest absolute Gasteiger partial charge is 0.328 e. The molecule has 2 aromatic carbocycles. The summed E-state index contributed by atoms with van der Waals surface area (Å²) in [6.45, 7) is 1.83. The Morgan fingerprint density at radius 3 is 2.52 bits per heavy atom. The van der Waals surface area contributed by atoms with Gasteiger partial charge in [-0.3, -0.25) is 14.5 Å². The highest BCUT2D eigenvalue weighted by atomic mass is 35.5. The highest BCUT2D eigenvalue weighted by molar-refractivity contribution is 7.98. The van der Waals surface area contributed by atoms with Crippen molar-refractivity contribution in [2.75, 3.05) is 45.3 Å². The third-order valence-corrected chi connectivity index (χ3v) is 7.42. The number of rotatable bonds is 13. The van der Waals surface area contributed by atoms with Crippen LogP contribution in [0.15, 0.2) is 42.5 Å². The van der Waals surface area contributed by atoms with Crippen LogP contribution in [0.1, 0.15) is 24.8 Å². The van der Waals surface area contributed by atoms with Crippen LogP contribution in [0.5, 0.6) is 0 Å². The SMILES string of the molecule is COC(=O)[C@H](CCSC)NC(=O)CN(Cc1cccc2ccccc12)C[C@@H]1CCCN1C(=O)[C@@H](N)CN.Cl.Cl.Cl. The highest BCUT2D eigenvalue weighted by Gasteiger charge is 2.33. The number of hydrogen-bond donors (Lipinski definition) is 3. The number of benzene rings is 2. The molecule has 2 amide bonds. The van der Waals surface area contributed by atoms with E-state index >= 15 is 0 Å². The second kappa shape index (κ2) is 19.4. The van der Waals surface area contributed by atoms with Crippen molar-refractivity contribution in [3.63, 3.8) is 0 Å². The molecule has 0 aliphatic carbocycles. The van der Waals surface area contributed by atoms with Crippen molar-refractivity contribution in [3.05, 3.63) is 48.0 Å². The number of carbonyl (C=O) groups excluding carboxylic acids is 3. The van der Waals surface area contributed by atoms with Gasteiger partial charge in [0.2, 0.25) is 11.8 Å². The number of amides is 2. The maximum absolute atomic E-state index is 13.2. The average molecular weight is 639 g/mol. The Bertz CT molecular complexity index is 1080. The maximum atomic E-state index is 13.2.